The second-order valence-electron chi connectivity index (χ2n) is 7.48. The highest BCUT2D eigenvalue weighted by molar-refractivity contribution is 5.99. The monoisotopic (exact) mass is 379 g/mol. The first-order valence-corrected chi connectivity index (χ1v) is 9.99. The third-order valence-corrected chi connectivity index (χ3v) is 5.30. The van der Waals surface area contributed by atoms with Gasteiger partial charge in [0.25, 0.3) is 11.8 Å². The molecule has 0 bridgehead atoms. The van der Waals surface area contributed by atoms with Gasteiger partial charge < -0.3 is 15.1 Å². The fraction of sp³-hybridized carbons (Fsp3) is 0.391. The quantitative estimate of drug-likeness (QED) is 0.865. The third kappa shape index (κ3) is 4.71. The summed E-state index contributed by atoms with van der Waals surface area (Å²) < 4.78 is 0. The van der Waals surface area contributed by atoms with E-state index in [9.17, 15) is 9.59 Å². The minimum Gasteiger partial charge on any atom is -0.368 e. The molecular formula is C23H29N3O2. The van der Waals surface area contributed by atoms with Crippen LogP contribution in [-0.2, 0) is 0 Å². The molecule has 1 N–H and O–H groups in total. The van der Waals surface area contributed by atoms with Crippen LogP contribution < -0.4 is 10.2 Å². The molecule has 0 aliphatic carbocycles. The smallest absolute Gasteiger partial charge is 0.253 e. The van der Waals surface area contributed by atoms with Gasteiger partial charge >= 0.3 is 0 Å². The number of aryl methyl sites for hydroxylation is 1. The maximum absolute atomic E-state index is 12.9. The number of amides is 2. The Kier molecular flexibility index (Phi) is 6.34. The molecule has 3 rings (SSSR count). The molecular weight excluding hydrogens is 350 g/mol. The summed E-state index contributed by atoms with van der Waals surface area (Å²) in [6.07, 6.45) is 0.871. The third-order valence-electron chi connectivity index (χ3n) is 5.30. The van der Waals surface area contributed by atoms with E-state index in [1.165, 1.54) is 11.3 Å². The standard InChI is InChI=1S/C23H29N3O2/c1-4-18(3)24-22(27)19-8-6-9-20(16-19)23(28)26-13-11-25(12-14-26)21-10-5-7-17(2)15-21/h5-10,15-16,18H,4,11-14H2,1-3H3,(H,24,27). The Morgan fingerprint density at radius 3 is 2.36 bits per heavy atom. The first-order chi connectivity index (χ1) is 13.5. The highest BCUT2D eigenvalue weighted by atomic mass is 16.2. The van der Waals surface area contributed by atoms with Crippen LogP contribution in [0.25, 0.3) is 0 Å². The van der Waals surface area contributed by atoms with Crippen molar-refractivity contribution in [2.45, 2.75) is 33.2 Å². The Labute approximate surface area is 167 Å². The SMILES string of the molecule is CCC(C)NC(=O)c1cccc(C(=O)N2CCN(c3cccc(C)c3)CC2)c1. The van der Waals surface area contributed by atoms with E-state index in [2.05, 4.69) is 41.4 Å². The molecule has 1 aliphatic rings. The van der Waals surface area contributed by atoms with Gasteiger partial charge in [0.15, 0.2) is 0 Å². The van der Waals surface area contributed by atoms with Crippen molar-refractivity contribution in [3.63, 3.8) is 0 Å². The van der Waals surface area contributed by atoms with Crippen molar-refractivity contribution in [1.82, 2.24) is 10.2 Å². The van der Waals surface area contributed by atoms with Gasteiger partial charge in [0.05, 0.1) is 0 Å². The van der Waals surface area contributed by atoms with Crippen LogP contribution in [0.2, 0.25) is 0 Å². The summed E-state index contributed by atoms with van der Waals surface area (Å²) in [6.45, 7) is 9.06. The lowest BCUT2D eigenvalue weighted by Gasteiger charge is -2.36. The zero-order valence-electron chi connectivity index (χ0n) is 16.9. The molecule has 2 aromatic carbocycles. The molecule has 148 valence electrons. The molecule has 5 heteroatoms. The molecule has 1 heterocycles. The van der Waals surface area contributed by atoms with Crippen LogP contribution in [0.5, 0.6) is 0 Å². The van der Waals surface area contributed by atoms with Crippen molar-refractivity contribution in [3.05, 3.63) is 65.2 Å². The number of anilines is 1. The van der Waals surface area contributed by atoms with Gasteiger partial charge in [-0.1, -0.05) is 25.1 Å². The summed E-state index contributed by atoms with van der Waals surface area (Å²) in [7, 11) is 0. The largest absolute Gasteiger partial charge is 0.368 e. The molecule has 1 fully saturated rings. The molecule has 2 aromatic rings. The van der Waals surface area contributed by atoms with Gasteiger partial charge in [-0.25, -0.2) is 0 Å². The van der Waals surface area contributed by atoms with Crippen molar-refractivity contribution < 1.29 is 9.59 Å². The average Bonchev–Trinajstić information content (AvgIpc) is 2.73. The zero-order chi connectivity index (χ0) is 20.1. The summed E-state index contributed by atoms with van der Waals surface area (Å²) in [5.74, 6) is -0.143. The van der Waals surface area contributed by atoms with Gasteiger partial charge in [0.2, 0.25) is 0 Å². The number of carbonyl (C=O) groups excluding carboxylic acids is 2. The van der Waals surface area contributed by atoms with Crippen LogP contribution in [0, 0.1) is 6.92 Å². The summed E-state index contributed by atoms with van der Waals surface area (Å²) in [4.78, 5) is 29.5. The molecule has 1 saturated heterocycles. The van der Waals surface area contributed by atoms with Crippen LogP contribution in [0.1, 0.15) is 46.5 Å². The summed E-state index contributed by atoms with van der Waals surface area (Å²) >= 11 is 0. The summed E-state index contributed by atoms with van der Waals surface area (Å²) in [6, 6.07) is 15.6. The molecule has 2 amide bonds. The van der Waals surface area contributed by atoms with E-state index in [0.717, 1.165) is 19.5 Å². The van der Waals surface area contributed by atoms with Crippen LogP contribution in [0.15, 0.2) is 48.5 Å². The molecule has 1 aliphatic heterocycles. The first-order valence-electron chi connectivity index (χ1n) is 9.99. The molecule has 1 unspecified atom stereocenters. The van der Waals surface area contributed by atoms with Gasteiger partial charge in [-0.3, -0.25) is 9.59 Å². The molecule has 0 aromatic heterocycles. The van der Waals surface area contributed by atoms with Gasteiger partial charge in [-0.15, -0.1) is 0 Å². The van der Waals surface area contributed by atoms with E-state index < -0.39 is 0 Å². The van der Waals surface area contributed by atoms with E-state index in [0.29, 0.717) is 24.2 Å². The van der Waals surface area contributed by atoms with Crippen molar-refractivity contribution in [3.8, 4) is 0 Å². The van der Waals surface area contributed by atoms with Crippen molar-refractivity contribution >= 4 is 17.5 Å². The second-order valence-corrected chi connectivity index (χ2v) is 7.48. The van der Waals surface area contributed by atoms with Gasteiger partial charge in [-0.2, -0.15) is 0 Å². The maximum atomic E-state index is 12.9. The van der Waals surface area contributed by atoms with E-state index in [4.69, 9.17) is 0 Å². The average molecular weight is 380 g/mol. The van der Waals surface area contributed by atoms with E-state index in [-0.39, 0.29) is 17.9 Å². The summed E-state index contributed by atoms with van der Waals surface area (Å²) in [5.41, 5.74) is 3.55. The lowest BCUT2D eigenvalue weighted by atomic mass is 10.1. The maximum Gasteiger partial charge on any atom is 0.253 e. The molecule has 0 saturated carbocycles. The van der Waals surface area contributed by atoms with Gasteiger partial charge in [0.1, 0.15) is 0 Å². The predicted molar refractivity (Wildman–Crippen MR) is 113 cm³/mol. The Morgan fingerprint density at radius 1 is 1.00 bits per heavy atom. The predicted octanol–water partition coefficient (Wildman–Crippen LogP) is 3.49. The lowest BCUT2D eigenvalue weighted by molar-refractivity contribution is 0.0747. The number of hydrogen-bond donors (Lipinski definition) is 1. The van der Waals surface area contributed by atoms with Crippen molar-refractivity contribution in [1.29, 1.82) is 0 Å². The van der Waals surface area contributed by atoms with E-state index >= 15 is 0 Å². The van der Waals surface area contributed by atoms with Gasteiger partial charge in [-0.05, 0) is 56.2 Å². The molecule has 1 atom stereocenters. The number of rotatable bonds is 5. The topological polar surface area (TPSA) is 52.7 Å². The highest BCUT2D eigenvalue weighted by Gasteiger charge is 2.23. The van der Waals surface area contributed by atoms with Crippen LogP contribution in [-0.4, -0.2) is 48.9 Å². The normalized spacial score (nSPS) is 15.2. The molecule has 5 nitrogen and oxygen atoms in total. The molecule has 28 heavy (non-hydrogen) atoms. The lowest BCUT2D eigenvalue weighted by Crippen LogP contribution is -2.48. The fourth-order valence-corrected chi connectivity index (χ4v) is 3.38. The van der Waals surface area contributed by atoms with Crippen LogP contribution >= 0.6 is 0 Å². The minimum absolute atomic E-state index is 0.0120. The van der Waals surface area contributed by atoms with Crippen molar-refractivity contribution in [2.75, 3.05) is 31.1 Å². The Balaban J connectivity index is 1.63. The number of nitrogens with one attached hydrogen (secondary N) is 1. The summed E-state index contributed by atoms with van der Waals surface area (Å²) in [5, 5.41) is 2.95. The van der Waals surface area contributed by atoms with Crippen LogP contribution in [0.4, 0.5) is 5.69 Å². The molecule has 0 radical (unpaired) electrons. The second kappa shape index (κ2) is 8.91. The van der Waals surface area contributed by atoms with E-state index in [1.54, 1.807) is 24.3 Å². The zero-order valence-corrected chi connectivity index (χ0v) is 16.9. The Bertz CT molecular complexity index is 841. The van der Waals surface area contributed by atoms with Gasteiger partial charge in [0, 0.05) is 49.0 Å². The minimum atomic E-state index is -0.131. The highest BCUT2D eigenvalue weighted by Crippen LogP contribution is 2.19. The Morgan fingerprint density at radius 2 is 1.68 bits per heavy atom. The molecule has 0 spiro atoms. The number of hydrogen-bond acceptors (Lipinski definition) is 3. The first kappa shape index (κ1) is 19.9. The fourth-order valence-electron chi connectivity index (χ4n) is 3.38. The number of nitrogens with zero attached hydrogens (tertiary/aromatic N) is 2. The number of piperazine rings is 1. The Hall–Kier alpha value is -2.82. The number of carbonyl (C=O) groups is 2. The van der Waals surface area contributed by atoms with E-state index in [1.807, 2.05) is 18.7 Å². The van der Waals surface area contributed by atoms with Crippen LogP contribution in [0.3, 0.4) is 0 Å². The van der Waals surface area contributed by atoms with Crippen molar-refractivity contribution in [2.24, 2.45) is 0 Å². The number of benzene rings is 2.